The maximum atomic E-state index is 13.4. The molecular weight excluding hydrogens is 374 g/mol. The maximum absolute atomic E-state index is 13.4. The Balaban J connectivity index is 1.92. The SMILES string of the molecule is COc1ccccc1C(=O)N(Cc1ccc(C(C)C)cc1)[C@@H]1CCS(=O)(=O)C1. The molecule has 0 bridgehead atoms. The highest BCUT2D eigenvalue weighted by Gasteiger charge is 2.35. The molecule has 0 aliphatic carbocycles. The number of carbonyl (C=O) groups excluding carboxylic acids is 1. The van der Waals surface area contributed by atoms with Gasteiger partial charge in [-0.15, -0.1) is 0 Å². The second kappa shape index (κ2) is 8.35. The summed E-state index contributed by atoms with van der Waals surface area (Å²) in [5.41, 5.74) is 2.67. The van der Waals surface area contributed by atoms with Gasteiger partial charge in [0.15, 0.2) is 9.84 Å². The second-order valence-corrected chi connectivity index (χ2v) is 9.82. The van der Waals surface area contributed by atoms with E-state index >= 15 is 0 Å². The molecule has 0 radical (unpaired) electrons. The number of ether oxygens (including phenoxy) is 1. The van der Waals surface area contributed by atoms with Crippen LogP contribution in [-0.4, -0.2) is 43.9 Å². The van der Waals surface area contributed by atoms with Gasteiger partial charge in [-0.1, -0.05) is 50.2 Å². The fraction of sp³-hybridized carbons (Fsp3) is 0.409. The van der Waals surface area contributed by atoms with E-state index in [9.17, 15) is 13.2 Å². The smallest absolute Gasteiger partial charge is 0.258 e. The molecule has 1 aliphatic heterocycles. The van der Waals surface area contributed by atoms with Crippen molar-refractivity contribution in [3.05, 3.63) is 65.2 Å². The molecule has 1 fully saturated rings. The lowest BCUT2D eigenvalue weighted by Crippen LogP contribution is -2.40. The minimum absolute atomic E-state index is 0.0119. The quantitative estimate of drug-likeness (QED) is 0.741. The van der Waals surface area contributed by atoms with Crippen LogP contribution in [0.3, 0.4) is 0 Å². The highest BCUT2D eigenvalue weighted by Crippen LogP contribution is 2.26. The predicted molar refractivity (Wildman–Crippen MR) is 110 cm³/mol. The van der Waals surface area contributed by atoms with Gasteiger partial charge in [0.2, 0.25) is 0 Å². The first-order chi connectivity index (χ1) is 13.3. The molecule has 1 amide bonds. The molecule has 2 aromatic carbocycles. The normalized spacial score (nSPS) is 18.2. The molecule has 0 N–H and O–H groups in total. The lowest BCUT2D eigenvalue weighted by atomic mass is 10.0. The number of amides is 1. The summed E-state index contributed by atoms with van der Waals surface area (Å²) >= 11 is 0. The molecule has 0 unspecified atom stereocenters. The first kappa shape index (κ1) is 20.4. The predicted octanol–water partition coefficient (Wildman–Crippen LogP) is 3.65. The van der Waals surface area contributed by atoms with E-state index in [1.54, 1.807) is 23.1 Å². The number of rotatable bonds is 6. The molecule has 1 saturated heterocycles. The Morgan fingerprint density at radius 2 is 1.82 bits per heavy atom. The molecular formula is C22H27NO4S. The van der Waals surface area contributed by atoms with Gasteiger partial charge in [0.25, 0.3) is 5.91 Å². The van der Waals surface area contributed by atoms with Crippen LogP contribution in [-0.2, 0) is 16.4 Å². The summed E-state index contributed by atoms with van der Waals surface area (Å²) in [4.78, 5) is 15.0. The van der Waals surface area contributed by atoms with E-state index < -0.39 is 9.84 Å². The first-order valence-corrected chi connectivity index (χ1v) is 11.4. The molecule has 0 aromatic heterocycles. The number of hydrogen-bond acceptors (Lipinski definition) is 4. The van der Waals surface area contributed by atoms with Crippen LogP contribution >= 0.6 is 0 Å². The summed E-state index contributed by atoms with van der Waals surface area (Å²) in [5, 5.41) is 0. The number of methoxy groups -OCH3 is 1. The maximum Gasteiger partial charge on any atom is 0.258 e. The van der Waals surface area contributed by atoms with Gasteiger partial charge in [-0.05, 0) is 35.6 Å². The van der Waals surface area contributed by atoms with Crippen LogP contribution < -0.4 is 4.74 Å². The molecule has 1 aliphatic rings. The fourth-order valence-electron chi connectivity index (χ4n) is 3.57. The van der Waals surface area contributed by atoms with Gasteiger partial charge in [0.05, 0.1) is 24.2 Å². The second-order valence-electron chi connectivity index (χ2n) is 7.59. The fourth-order valence-corrected chi connectivity index (χ4v) is 5.30. The minimum Gasteiger partial charge on any atom is -0.496 e. The topological polar surface area (TPSA) is 63.7 Å². The molecule has 1 atom stereocenters. The molecule has 1 heterocycles. The lowest BCUT2D eigenvalue weighted by Gasteiger charge is -2.29. The van der Waals surface area contributed by atoms with Crippen molar-refractivity contribution in [3.8, 4) is 5.75 Å². The van der Waals surface area contributed by atoms with E-state index in [2.05, 4.69) is 26.0 Å². The Kier molecular flexibility index (Phi) is 6.08. The standard InChI is InChI=1S/C22H27NO4S/c1-16(2)18-10-8-17(9-11-18)14-23(19-12-13-28(25,26)15-19)22(24)20-6-4-5-7-21(20)27-3/h4-11,16,19H,12-15H2,1-3H3/t19-/m1/s1. The van der Waals surface area contributed by atoms with E-state index in [4.69, 9.17) is 4.74 Å². The number of sulfone groups is 1. The third-order valence-corrected chi connectivity index (χ3v) is 7.00. The van der Waals surface area contributed by atoms with E-state index in [-0.39, 0.29) is 23.5 Å². The summed E-state index contributed by atoms with van der Waals surface area (Å²) in [5.74, 6) is 0.860. The average Bonchev–Trinajstić information content (AvgIpc) is 3.05. The highest BCUT2D eigenvalue weighted by molar-refractivity contribution is 7.91. The molecule has 0 spiro atoms. The first-order valence-electron chi connectivity index (χ1n) is 9.54. The largest absolute Gasteiger partial charge is 0.496 e. The van der Waals surface area contributed by atoms with E-state index in [1.165, 1.54) is 12.7 Å². The van der Waals surface area contributed by atoms with E-state index in [0.29, 0.717) is 30.2 Å². The van der Waals surface area contributed by atoms with Crippen molar-refractivity contribution >= 4 is 15.7 Å². The Hall–Kier alpha value is -2.34. The molecule has 5 nitrogen and oxygen atoms in total. The van der Waals surface area contributed by atoms with Crippen molar-refractivity contribution < 1.29 is 17.9 Å². The van der Waals surface area contributed by atoms with Crippen LogP contribution in [0.25, 0.3) is 0 Å². The van der Waals surface area contributed by atoms with Gasteiger partial charge < -0.3 is 9.64 Å². The van der Waals surface area contributed by atoms with Crippen molar-refractivity contribution in [2.45, 2.75) is 38.8 Å². The Bertz CT molecular complexity index is 935. The van der Waals surface area contributed by atoms with Crippen LogP contribution in [0.1, 0.15) is 47.7 Å². The van der Waals surface area contributed by atoms with Gasteiger partial charge in [-0.3, -0.25) is 4.79 Å². The molecule has 150 valence electrons. The molecule has 3 rings (SSSR count). The number of nitrogens with zero attached hydrogens (tertiary/aromatic N) is 1. The minimum atomic E-state index is -3.11. The molecule has 6 heteroatoms. The van der Waals surface area contributed by atoms with Crippen molar-refractivity contribution in [3.63, 3.8) is 0 Å². The number of carbonyl (C=O) groups is 1. The van der Waals surface area contributed by atoms with Crippen LogP contribution in [0.15, 0.2) is 48.5 Å². The monoisotopic (exact) mass is 401 g/mol. The van der Waals surface area contributed by atoms with Gasteiger partial charge in [0.1, 0.15) is 5.75 Å². The van der Waals surface area contributed by atoms with Gasteiger partial charge >= 0.3 is 0 Å². The zero-order chi connectivity index (χ0) is 20.3. The third kappa shape index (κ3) is 4.55. The Morgan fingerprint density at radius 1 is 1.14 bits per heavy atom. The third-order valence-electron chi connectivity index (χ3n) is 5.25. The van der Waals surface area contributed by atoms with Gasteiger partial charge in [-0.2, -0.15) is 0 Å². The average molecular weight is 402 g/mol. The number of benzene rings is 2. The summed E-state index contributed by atoms with van der Waals surface area (Å²) in [6, 6.07) is 14.9. The van der Waals surface area contributed by atoms with Gasteiger partial charge in [0, 0.05) is 12.6 Å². The zero-order valence-electron chi connectivity index (χ0n) is 16.6. The van der Waals surface area contributed by atoms with Crippen LogP contribution in [0.5, 0.6) is 5.75 Å². The molecule has 28 heavy (non-hydrogen) atoms. The van der Waals surface area contributed by atoms with Crippen LogP contribution in [0.4, 0.5) is 0 Å². The van der Waals surface area contributed by atoms with E-state index in [0.717, 1.165) is 5.56 Å². The summed E-state index contributed by atoms with van der Waals surface area (Å²) in [6.45, 7) is 4.64. The summed E-state index contributed by atoms with van der Waals surface area (Å²) in [6.07, 6.45) is 0.466. The summed E-state index contributed by atoms with van der Waals surface area (Å²) < 4.78 is 29.4. The summed E-state index contributed by atoms with van der Waals surface area (Å²) in [7, 11) is -1.58. The molecule has 0 saturated carbocycles. The van der Waals surface area contributed by atoms with Crippen molar-refractivity contribution in [2.75, 3.05) is 18.6 Å². The Labute approximate surface area is 167 Å². The Morgan fingerprint density at radius 3 is 2.39 bits per heavy atom. The van der Waals surface area contributed by atoms with Crippen LogP contribution in [0.2, 0.25) is 0 Å². The van der Waals surface area contributed by atoms with Crippen molar-refractivity contribution in [1.29, 1.82) is 0 Å². The van der Waals surface area contributed by atoms with Gasteiger partial charge in [-0.25, -0.2) is 8.42 Å². The molecule has 2 aromatic rings. The van der Waals surface area contributed by atoms with Crippen LogP contribution in [0, 0.1) is 0 Å². The van der Waals surface area contributed by atoms with E-state index in [1.807, 2.05) is 18.2 Å². The number of para-hydroxylation sites is 1. The lowest BCUT2D eigenvalue weighted by molar-refractivity contribution is 0.0677. The van der Waals surface area contributed by atoms with Crippen molar-refractivity contribution in [2.24, 2.45) is 0 Å². The zero-order valence-corrected chi connectivity index (χ0v) is 17.4. The highest BCUT2D eigenvalue weighted by atomic mass is 32.2. The number of hydrogen-bond donors (Lipinski definition) is 0. The van der Waals surface area contributed by atoms with Crippen molar-refractivity contribution in [1.82, 2.24) is 4.90 Å².